The van der Waals surface area contributed by atoms with E-state index in [4.69, 9.17) is 197 Å². The minimum Gasteiger partial charge on any atom is -0.361 e. The predicted octanol–water partition coefficient (Wildman–Crippen LogP) is 9.52. The topological polar surface area (TPSA) is 20.2 Å². The molecule has 0 saturated carbocycles. The van der Waals surface area contributed by atoms with Crippen molar-refractivity contribution in [3.8, 4) is 0 Å². The van der Waals surface area contributed by atoms with Gasteiger partial charge in [-0.3, -0.25) is 0 Å². The quantitative estimate of drug-likeness (QED) is 0.281. The normalized spacial score (nSPS) is 18.7. The van der Waals surface area contributed by atoms with E-state index in [0.29, 0.717) is 0 Å². The fraction of sp³-hybridized carbons (Fsp3) is 1.00. The van der Waals surface area contributed by atoms with Crippen LogP contribution in [0.15, 0.2) is 0 Å². The molecule has 0 fully saturated rings. The number of aliphatic hydroxyl groups is 1. The summed E-state index contributed by atoms with van der Waals surface area (Å²) in [5.41, 5.74) is 0. The highest BCUT2D eigenvalue weighted by Gasteiger charge is 2.84. The molecule has 0 amide bonds. The first kappa shape index (κ1) is 30.9. The van der Waals surface area contributed by atoms with E-state index in [2.05, 4.69) is 0 Å². The van der Waals surface area contributed by atoms with Crippen LogP contribution >= 0.6 is 197 Å². The van der Waals surface area contributed by atoms with Crippen molar-refractivity contribution in [2.24, 2.45) is 0 Å². The summed E-state index contributed by atoms with van der Waals surface area (Å²) in [4.78, 5) is -3.26. The van der Waals surface area contributed by atoms with Gasteiger partial charge in [-0.15, -0.1) is 11.6 Å². The van der Waals surface area contributed by atoms with Gasteiger partial charge < -0.3 is 5.11 Å². The van der Waals surface area contributed by atoms with Gasteiger partial charge in [-0.05, 0) is 0 Å². The summed E-state index contributed by atoms with van der Waals surface area (Å²) in [6.07, 6.45) is 0. The van der Waals surface area contributed by atoms with Gasteiger partial charge in [0.05, 0.1) is 0 Å². The molecule has 0 spiro atoms. The summed E-state index contributed by atoms with van der Waals surface area (Å²) >= 11 is 99.8. The highest BCUT2D eigenvalue weighted by molar-refractivity contribution is 6.82. The van der Waals surface area contributed by atoms with E-state index in [9.17, 15) is 5.11 Å². The van der Waals surface area contributed by atoms with Crippen molar-refractivity contribution >= 4 is 197 Å². The van der Waals surface area contributed by atoms with Gasteiger partial charge in [0, 0.05) is 0 Å². The second-order valence-corrected chi connectivity index (χ2v) is 16.2. The molecule has 18 heteroatoms. The van der Waals surface area contributed by atoms with E-state index in [-0.39, 0.29) is 0 Å². The number of hydrogen-bond acceptors (Lipinski definition) is 1. The molecule has 0 heterocycles. The minimum absolute atomic E-state index is 2.66. The van der Waals surface area contributed by atoms with Crippen LogP contribution in [-0.2, 0) is 0 Å². The molecule has 0 bridgehead atoms. The maximum atomic E-state index is 10.2. The third kappa shape index (κ3) is 4.88. The third-order valence-electron chi connectivity index (χ3n) is 2.78. The zero-order valence-electron chi connectivity index (χ0n) is 10.9. The third-order valence-corrected chi connectivity index (χ3v) is 12.9. The van der Waals surface area contributed by atoms with Gasteiger partial charge >= 0.3 is 0 Å². The molecule has 1 atom stereocenters. The number of halogens is 17. The summed E-state index contributed by atoms with van der Waals surface area (Å²) in [5.74, 6) is 0. The van der Waals surface area contributed by atoms with Crippen LogP contribution in [-0.4, -0.2) is 39.4 Å². The summed E-state index contributed by atoms with van der Waals surface area (Å²) in [7, 11) is 0. The van der Waals surface area contributed by atoms with Crippen LogP contribution in [0.4, 0.5) is 0 Å². The SMILES string of the molecule is OC(Cl)(Cl)C(Cl)(C(Cl)(Cl)C(Cl)(Cl)Cl)C(Cl)(Cl)C(Cl)(Cl)C(Cl)(Cl)C(Cl)(Cl)Cl. The Morgan fingerprint density at radius 1 is 0.346 bits per heavy atom. The first-order chi connectivity index (χ1) is 10.8. The van der Waals surface area contributed by atoms with E-state index < -0.39 is 34.3 Å². The summed E-state index contributed by atoms with van der Waals surface area (Å²) < 4.78 is -20.9. The Balaban J connectivity index is 7.03. The molecule has 0 rings (SSSR count). The van der Waals surface area contributed by atoms with Gasteiger partial charge in [-0.25, -0.2) is 0 Å². The zero-order chi connectivity index (χ0) is 22.0. The van der Waals surface area contributed by atoms with Crippen molar-refractivity contribution < 1.29 is 5.11 Å². The smallest absolute Gasteiger partial charge is 0.240 e. The van der Waals surface area contributed by atoms with Crippen LogP contribution in [0.1, 0.15) is 0 Å². The van der Waals surface area contributed by atoms with E-state index in [1.165, 1.54) is 0 Å². The molecule has 0 aliphatic carbocycles. The highest BCUT2D eigenvalue weighted by atomic mass is 35.6. The monoisotopic (exact) mass is 707 g/mol. The Hall–Kier alpha value is 4.89. The maximum absolute atomic E-state index is 10.2. The first-order valence-corrected chi connectivity index (χ1v) is 11.6. The van der Waals surface area contributed by atoms with Crippen LogP contribution in [0, 0.1) is 0 Å². The Morgan fingerprint density at radius 2 is 0.615 bits per heavy atom. The lowest BCUT2D eigenvalue weighted by molar-refractivity contribution is 0.135. The zero-order valence-corrected chi connectivity index (χ0v) is 23.7. The van der Waals surface area contributed by atoms with Crippen LogP contribution in [0.25, 0.3) is 0 Å². The number of hydrogen-bond donors (Lipinski definition) is 1. The lowest BCUT2D eigenvalue weighted by Gasteiger charge is -2.56. The highest BCUT2D eigenvalue weighted by Crippen LogP contribution is 2.73. The molecule has 26 heavy (non-hydrogen) atoms. The van der Waals surface area contributed by atoms with Crippen LogP contribution < -0.4 is 0 Å². The van der Waals surface area contributed by atoms with Crippen LogP contribution in [0.3, 0.4) is 0 Å². The van der Waals surface area contributed by atoms with E-state index in [0.717, 1.165) is 0 Å². The van der Waals surface area contributed by atoms with Gasteiger partial charge in [-0.2, -0.15) is 0 Å². The van der Waals surface area contributed by atoms with E-state index >= 15 is 0 Å². The molecule has 0 aliphatic rings. The van der Waals surface area contributed by atoms with Gasteiger partial charge in [0.2, 0.25) is 12.1 Å². The molecule has 1 N–H and O–H groups in total. The Kier molecular flexibility index (Phi) is 10.6. The molecule has 0 aliphatic heterocycles. The van der Waals surface area contributed by atoms with Crippen molar-refractivity contribution in [1.82, 2.24) is 0 Å². The minimum atomic E-state index is -3.31. The molecule has 0 aromatic carbocycles. The summed E-state index contributed by atoms with van der Waals surface area (Å²) in [6, 6.07) is 0. The number of alkyl halides is 17. The van der Waals surface area contributed by atoms with Crippen molar-refractivity contribution in [3.63, 3.8) is 0 Å². The molecule has 0 radical (unpaired) electrons. The molecule has 0 aromatic heterocycles. The van der Waals surface area contributed by atoms with Crippen molar-refractivity contribution in [3.05, 3.63) is 0 Å². The maximum Gasteiger partial charge on any atom is 0.240 e. The first-order valence-electron chi connectivity index (χ1n) is 5.19. The largest absolute Gasteiger partial charge is 0.361 e. The second-order valence-electron chi connectivity index (χ2n) is 4.49. The van der Waals surface area contributed by atoms with Gasteiger partial charge in [0.1, 0.15) is 0 Å². The Labute approximate surface area is 233 Å². The van der Waals surface area contributed by atoms with Crippen molar-refractivity contribution in [2.45, 2.75) is 34.3 Å². The van der Waals surface area contributed by atoms with Crippen LogP contribution in [0.5, 0.6) is 0 Å². The average Bonchev–Trinajstić information content (AvgIpc) is 2.32. The molecular weight excluding hydrogens is 715 g/mol. The summed E-state index contributed by atoms with van der Waals surface area (Å²) in [5, 5.41) is 10.2. The van der Waals surface area contributed by atoms with Crippen molar-refractivity contribution in [1.29, 1.82) is 0 Å². The predicted molar refractivity (Wildman–Crippen MR) is 124 cm³/mol. The molecular formula is C8HCl17O. The fourth-order valence-electron chi connectivity index (χ4n) is 1.36. The molecule has 0 aromatic rings. The standard InChI is InChI=1S/C8HCl17O/c9-1(8(24,25)26,3(12,13)6(18,19)20)2(10,11)4(14,15)5(16,17)7(21,22)23/h26H. The van der Waals surface area contributed by atoms with Gasteiger partial charge in [-0.1, -0.05) is 186 Å². The summed E-state index contributed by atoms with van der Waals surface area (Å²) in [6.45, 7) is 0. The van der Waals surface area contributed by atoms with Crippen molar-refractivity contribution in [2.75, 3.05) is 0 Å². The van der Waals surface area contributed by atoms with Gasteiger partial charge in [0.15, 0.2) is 22.2 Å². The fourth-order valence-corrected chi connectivity index (χ4v) is 6.62. The Morgan fingerprint density at radius 3 is 0.808 bits per heavy atom. The molecule has 158 valence electrons. The second kappa shape index (κ2) is 8.92. The average molecular weight is 716 g/mol. The molecule has 1 nitrogen and oxygen atoms in total. The molecule has 1 unspecified atom stereocenters. The lowest BCUT2D eigenvalue weighted by Crippen LogP contribution is -2.75. The Bertz CT molecular complexity index is 520. The lowest BCUT2D eigenvalue weighted by atomic mass is 9.94. The van der Waals surface area contributed by atoms with E-state index in [1.807, 2.05) is 0 Å². The van der Waals surface area contributed by atoms with Gasteiger partial charge in [0.25, 0.3) is 0 Å². The van der Waals surface area contributed by atoms with E-state index in [1.54, 1.807) is 0 Å². The number of rotatable bonds is 5. The van der Waals surface area contributed by atoms with Crippen LogP contribution in [0.2, 0.25) is 0 Å². The molecule has 0 saturated heterocycles.